The van der Waals surface area contributed by atoms with Gasteiger partial charge in [0, 0.05) is 23.9 Å². The molecule has 1 saturated heterocycles. The SMILES string of the molecule is Cc1c(-c2ccc3c(c2)CC2(CCNCC2)O3)ccc2ccnn12. The van der Waals surface area contributed by atoms with Crippen molar-refractivity contribution in [2.75, 3.05) is 13.1 Å². The predicted molar refractivity (Wildman–Crippen MR) is 94.5 cm³/mol. The molecule has 2 aliphatic rings. The number of nitrogens with zero attached hydrogens (tertiary/aromatic N) is 2. The highest BCUT2D eigenvalue weighted by Crippen LogP contribution is 2.41. The van der Waals surface area contributed by atoms with Crippen molar-refractivity contribution < 1.29 is 4.74 Å². The first-order valence-electron chi connectivity index (χ1n) is 8.71. The molecule has 0 amide bonds. The Kier molecular flexibility index (Phi) is 2.98. The third-order valence-corrected chi connectivity index (χ3v) is 5.53. The summed E-state index contributed by atoms with van der Waals surface area (Å²) in [6.07, 6.45) is 5.06. The molecule has 0 aliphatic carbocycles. The van der Waals surface area contributed by atoms with E-state index in [1.54, 1.807) is 0 Å². The van der Waals surface area contributed by atoms with Crippen LogP contribution in [0, 0.1) is 6.92 Å². The van der Waals surface area contributed by atoms with Gasteiger partial charge in [-0.15, -0.1) is 0 Å². The largest absolute Gasteiger partial charge is 0.487 e. The molecule has 4 heterocycles. The number of benzene rings is 1. The number of pyridine rings is 1. The van der Waals surface area contributed by atoms with E-state index in [4.69, 9.17) is 4.74 Å². The Morgan fingerprint density at radius 2 is 2.00 bits per heavy atom. The second-order valence-electron chi connectivity index (χ2n) is 7.03. The fraction of sp³-hybridized carbons (Fsp3) is 0.350. The number of aromatic nitrogens is 2. The molecule has 0 saturated carbocycles. The number of ether oxygens (including phenoxy) is 1. The lowest BCUT2D eigenvalue weighted by Crippen LogP contribution is -2.45. The number of fused-ring (bicyclic) bond motifs is 2. The van der Waals surface area contributed by atoms with Crippen molar-refractivity contribution in [2.45, 2.75) is 31.8 Å². The molecule has 0 radical (unpaired) electrons. The lowest BCUT2D eigenvalue weighted by atomic mass is 9.87. The molecule has 0 unspecified atom stereocenters. The Hall–Kier alpha value is -2.33. The number of aryl methyl sites for hydroxylation is 1. The van der Waals surface area contributed by atoms with Gasteiger partial charge in [-0.25, -0.2) is 4.52 Å². The zero-order chi connectivity index (χ0) is 16.1. The van der Waals surface area contributed by atoms with Crippen molar-refractivity contribution in [2.24, 2.45) is 0 Å². The third-order valence-electron chi connectivity index (χ3n) is 5.53. The molecule has 1 fully saturated rings. The summed E-state index contributed by atoms with van der Waals surface area (Å²) in [7, 11) is 0. The number of nitrogens with one attached hydrogen (secondary N) is 1. The molecule has 1 aromatic carbocycles. The van der Waals surface area contributed by atoms with Gasteiger partial charge in [-0.2, -0.15) is 5.10 Å². The summed E-state index contributed by atoms with van der Waals surface area (Å²) in [5.74, 6) is 1.07. The van der Waals surface area contributed by atoms with Crippen molar-refractivity contribution in [3.05, 3.63) is 53.9 Å². The van der Waals surface area contributed by atoms with E-state index < -0.39 is 0 Å². The monoisotopic (exact) mass is 319 g/mol. The van der Waals surface area contributed by atoms with E-state index in [0.717, 1.165) is 43.6 Å². The summed E-state index contributed by atoms with van der Waals surface area (Å²) >= 11 is 0. The highest BCUT2D eigenvalue weighted by Gasteiger charge is 2.40. The second kappa shape index (κ2) is 5.08. The summed E-state index contributed by atoms with van der Waals surface area (Å²) in [6.45, 7) is 4.24. The van der Waals surface area contributed by atoms with Crippen molar-refractivity contribution >= 4 is 5.52 Å². The van der Waals surface area contributed by atoms with E-state index in [1.807, 2.05) is 16.8 Å². The molecular formula is C20H21N3O. The topological polar surface area (TPSA) is 38.6 Å². The summed E-state index contributed by atoms with van der Waals surface area (Å²) < 4.78 is 8.36. The minimum absolute atomic E-state index is 0.0210. The van der Waals surface area contributed by atoms with Gasteiger partial charge < -0.3 is 10.1 Å². The standard InChI is InChI=1S/C20H21N3O/c1-14-18(4-3-17-6-9-22-23(14)17)15-2-5-19-16(12-15)13-20(24-19)7-10-21-11-8-20/h2-6,9,12,21H,7-8,10-11,13H2,1H3. The highest BCUT2D eigenvalue weighted by molar-refractivity contribution is 5.70. The van der Waals surface area contributed by atoms with Gasteiger partial charge in [-0.05, 0) is 68.2 Å². The molecule has 122 valence electrons. The molecule has 1 N–H and O–H groups in total. The zero-order valence-corrected chi connectivity index (χ0v) is 13.9. The number of hydrogen-bond donors (Lipinski definition) is 1. The second-order valence-corrected chi connectivity index (χ2v) is 7.03. The number of piperidine rings is 1. The Balaban J connectivity index is 1.55. The summed E-state index contributed by atoms with van der Waals surface area (Å²) in [6, 6.07) is 13.0. The maximum Gasteiger partial charge on any atom is 0.123 e. The molecule has 2 aliphatic heterocycles. The van der Waals surface area contributed by atoms with Crippen LogP contribution in [-0.4, -0.2) is 28.3 Å². The number of hydrogen-bond acceptors (Lipinski definition) is 3. The van der Waals surface area contributed by atoms with E-state index in [0.29, 0.717) is 0 Å². The average molecular weight is 319 g/mol. The first-order valence-corrected chi connectivity index (χ1v) is 8.71. The lowest BCUT2D eigenvalue weighted by Gasteiger charge is -2.33. The molecule has 5 rings (SSSR count). The normalized spacial score (nSPS) is 18.7. The van der Waals surface area contributed by atoms with E-state index in [1.165, 1.54) is 22.4 Å². The first kappa shape index (κ1) is 14.1. The number of rotatable bonds is 1. The quantitative estimate of drug-likeness (QED) is 0.747. The molecule has 0 bridgehead atoms. The van der Waals surface area contributed by atoms with Gasteiger partial charge in [0.25, 0.3) is 0 Å². The van der Waals surface area contributed by atoms with Crippen molar-refractivity contribution in [3.63, 3.8) is 0 Å². The lowest BCUT2D eigenvalue weighted by molar-refractivity contribution is 0.0600. The van der Waals surface area contributed by atoms with Crippen LogP contribution in [0.2, 0.25) is 0 Å². The van der Waals surface area contributed by atoms with Gasteiger partial charge in [-0.3, -0.25) is 0 Å². The van der Waals surface area contributed by atoms with Crippen LogP contribution in [0.5, 0.6) is 5.75 Å². The van der Waals surface area contributed by atoms with Crippen LogP contribution in [0.15, 0.2) is 42.6 Å². The van der Waals surface area contributed by atoms with Crippen LogP contribution in [0.4, 0.5) is 0 Å². The molecular weight excluding hydrogens is 298 g/mol. The maximum absolute atomic E-state index is 6.36. The molecule has 3 aromatic rings. The van der Waals surface area contributed by atoms with E-state index >= 15 is 0 Å². The van der Waals surface area contributed by atoms with Crippen LogP contribution in [0.25, 0.3) is 16.6 Å². The molecule has 4 heteroatoms. The Morgan fingerprint density at radius 1 is 1.12 bits per heavy atom. The zero-order valence-electron chi connectivity index (χ0n) is 13.9. The molecule has 0 atom stereocenters. The van der Waals surface area contributed by atoms with Gasteiger partial charge in [0.2, 0.25) is 0 Å². The Labute approximate surface area is 141 Å². The minimum Gasteiger partial charge on any atom is -0.487 e. The third kappa shape index (κ3) is 2.06. The van der Waals surface area contributed by atoms with Gasteiger partial charge in [0.05, 0.1) is 5.52 Å². The van der Waals surface area contributed by atoms with Crippen molar-refractivity contribution in [1.82, 2.24) is 14.9 Å². The van der Waals surface area contributed by atoms with E-state index in [9.17, 15) is 0 Å². The van der Waals surface area contributed by atoms with Crippen LogP contribution in [0.1, 0.15) is 24.1 Å². The molecule has 1 spiro atoms. The minimum atomic E-state index is 0.0210. The Bertz CT molecular complexity index is 922. The Morgan fingerprint density at radius 3 is 2.88 bits per heavy atom. The van der Waals surface area contributed by atoms with Crippen molar-refractivity contribution in [3.8, 4) is 16.9 Å². The van der Waals surface area contributed by atoms with Crippen LogP contribution in [0.3, 0.4) is 0 Å². The molecule has 4 nitrogen and oxygen atoms in total. The van der Waals surface area contributed by atoms with Crippen LogP contribution < -0.4 is 10.1 Å². The fourth-order valence-corrected chi connectivity index (χ4v) is 4.19. The summed E-state index contributed by atoms with van der Waals surface area (Å²) in [5, 5.41) is 7.86. The first-order chi connectivity index (χ1) is 11.7. The average Bonchev–Trinajstić information content (AvgIpc) is 3.20. The van der Waals surface area contributed by atoms with Gasteiger partial charge in [-0.1, -0.05) is 12.1 Å². The van der Waals surface area contributed by atoms with Gasteiger partial charge in [0.15, 0.2) is 0 Å². The highest BCUT2D eigenvalue weighted by atomic mass is 16.5. The fourth-order valence-electron chi connectivity index (χ4n) is 4.19. The van der Waals surface area contributed by atoms with Crippen LogP contribution in [-0.2, 0) is 6.42 Å². The van der Waals surface area contributed by atoms with Gasteiger partial charge >= 0.3 is 0 Å². The smallest absolute Gasteiger partial charge is 0.123 e. The maximum atomic E-state index is 6.36. The molecule has 24 heavy (non-hydrogen) atoms. The van der Waals surface area contributed by atoms with E-state index in [-0.39, 0.29) is 5.60 Å². The van der Waals surface area contributed by atoms with Crippen LogP contribution >= 0.6 is 0 Å². The van der Waals surface area contributed by atoms with Gasteiger partial charge in [0.1, 0.15) is 11.4 Å². The van der Waals surface area contributed by atoms with Crippen molar-refractivity contribution in [1.29, 1.82) is 0 Å². The summed E-state index contributed by atoms with van der Waals surface area (Å²) in [5.41, 5.74) is 6.16. The summed E-state index contributed by atoms with van der Waals surface area (Å²) in [4.78, 5) is 0. The predicted octanol–water partition coefficient (Wildman–Crippen LogP) is 3.37. The van der Waals surface area contributed by atoms with E-state index in [2.05, 4.69) is 47.7 Å². The molecule has 2 aromatic heterocycles.